The van der Waals surface area contributed by atoms with Crippen molar-refractivity contribution >= 4 is 149 Å². The molecule has 7 heterocycles. The summed E-state index contributed by atoms with van der Waals surface area (Å²) >= 11 is 5.58. The van der Waals surface area contributed by atoms with Gasteiger partial charge in [0.25, 0.3) is 0 Å². The molecule has 0 unspecified atom stereocenters. The van der Waals surface area contributed by atoms with E-state index in [4.69, 9.17) is 29.9 Å². The smallest absolute Gasteiger partial charge is 0.160 e. The van der Waals surface area contributed by atoms with Crippen LogP contribution in [-0.2, 0) is 0 Å². The molecular weight excluding hydrogens is 1570 g/mol. The molecule has 0 amide bonds. The Bertz CT molecular complexity index is 8460. The molecule has 0 aliphatic rings. The number of hydrogen-bond donors (Lipinski definition) is 0. The van der Waals surface area contributed by atoms with E-state index in [0.717, 1.165) is 112 Å². The van der Waals surface area contributed by atoms with Crippen molar-refractivity contribution in [2.45, 2.75) is 0 Å². The molecule has 0 aliphatic carbocycles. The molecule has 0 saturated heterocycles. The van der Waals surface area contributed by atoms with Crippen LogP contribution in [0.3, 0.4) is 0 Å². The molecule has 9 heteroatoms. The monoisotopic (exact) mass is 1640 g/mol. The Balaban J connectivity index is 0.000000108. The zero-order valence-corrected chi connectivity index (χ0v) is 69.9. The molecule has 0 fully saturated rings. The molecule has 0 aliphatic heterocycles. The number of pyridine rings is 2. The highest BCUT2D eigenvalue weighted by Gasteiger charge is 2.22. The Labute approximate surface area is 733 Å². The minimum atomic E-state index is 0.737. The number of hydrogen-bond acceptors (Lipinski definition) is 9. The van der Waals surface area contributed by atoms with E-state index in [0.29, 0.717) is 0 Å². The highest BCUT2D eigenvalue weighted by Crippen LogP contribution is 2.47. The van der Waals surface area contributed by atoms with Gasteiger partial charge in [-0.3, -0.25) is 4.98 Å². The number of fused-ring (bicyclic) bond motifs is 14. The highest BCUT2D eigenvalue weighted by molar-refractivity contribution is 7.26. The molecule has 25 rings (SSSR count). The average Bonchev–Trinajstić information content (AvgIpc) is 1.72. The lowest BCUT2D eigenvalue weighted by Gasteiger charge is -2.15. The minimum absolute atomic E-state index is 0.737. The molecule has 125 heavy (non-hydrogen) atoms. The molecule has 0 bridgehead atoms. The van der Waals surface area contributed by atoms with Gasteiger partial charge in [-0.15, -0.1) is 34.0 Å². The van der Waals surface area contributed by atoms with Gasteiger partial charge in [-0.25, -0.2) is 24.9 Å². The summed E-state index contributed by atoms with van der Waals surface area (Å²) < 4.78 is 7.94. The van der Waals surface area contributed by atoms with Gasteiger partial charge >= 0.3 is 0 Å². The van der Waals surface area contributed by atoms with Crippen molar-refractivity contribution in [1.29, 1.82) is 0 Å². The predicted octanol–water partition coefficient (Wildman–Crippen LogP) is 32.6. The van der Waals surface area contributed by atoms with Crippen LogP contribution in [0.1, 0.15) is 0 Å². The molecule has 7 aromatic heterocycles. The molecular formula is C116H72N6S3. The Kier molecular flexibility index (Phi) is 19.1. The van der Waals surface area contributed by atoms with E-state index in [1.165, 1.54) is 127 Å². The van der Waals surface area contributed by atoms with Crippen LogP contribution in [-0.4, -0.2) is 29.9 Å². The van der Waals surface area contributed by atoms with Gasteiger partial charge in [-0.1, -0.05) is 346 Å². The van der Waals surface area contributed by atoms with Crippen molar-refractivity contribution in [2.24, 2.45) is 0 Å². The summed E-state index contributed by atoms with van der Waals surface area (Å²) in [5, 5.41) is 15.9. The maximum absolute atomic E-state index is 5.35. The molecule has 0 radical (unpaired) electrons. The van der Waals surface area contributed by atoms with E-state index < -0.39 is 0 Å². The van der Waals surface area contributed by atoms with Gasteiger partial charge in [0.05, 0.1) is 39.3 Å². The SMILES string of the molecule is c1ccc(-c2nc(-c3ccccc3)c3cc(-c4ccc(-c5cccc6sc7ccccc7c56)cc4)ccc3n2)cc1.c1ccc(-c2nc(-c3ccccc3)c3ccc(-c4ccc(-c5cccc6sc7ccccc7c56)cc4)cc3n2)cc1.c1ccc2cc(-c3nc(-c4ccc(-c5cccc6sc7ccccc7c56)c5ccccc45)cc4ncccc34)ccc2c1. The van der Waals surface area contributed by atoms with Gasteiger partial charge in [0.1, 0.15) is 0 Å². The second-order valence-electron chi connectivity index (χ2n) is 31.4. The van der Waals surface area contributed by atoms with Crippen LogP contribution in [0.25, 0.3) is 238 Å². The van der Waals surface area contributed by atoms with Crippen molar-refractivity contribution in [2.75, 3.05) is 0 Å². The van der Waals surface area contributed by atoms with E-state index in [1.54, 1.807) is 0 Å². The molecule has 0 spiro atoms. The second kappa shape index (κ2) is 32.1. The number of aromatic nitrogens is 6. The third-order valence-corrected chi connectivity index (χ3v) is 27.3. The van der Waals surface area contributed by atoms with Gasteiger partial charge < -0.3 is 0 Å². The Morgan fingerprint density at radius 1 is 0.168 bits per heavy atom. The predicted molar refractivity (Wildman–Crippen MR) is 532 cm³/mol. The lowest BCUT2D eigenvalue weighted by molar-refractivity contribution is 1.23. The van der Waals surface area contributed by atoms with Crippen LogP contribution < -0.4 is 0 Å². The van der Waals surface area contributed by atoms with Crippen molar-refractivity contribution < 1.29 is 0 Å². The maximum atomic E-state index is 5.35. The Morgan fingerprint density at radius 3 is 1.12 bits per heavy atom. The van der Waals surface area contributed by atoms with Crippen LogP contribution in [0.15, 0.2) is 437 Å². The van der Waals surface area contributed by atoms with E-state index >= 15 is 0 Å². The van der Waals surface area contributed by atoms with Crippen molar-refractivity contribution in [3.63, 3.8) is 0 Å². The van der Waals surface area contributed by atoms with Gasteiger partial charge in [-0.05, 0) is 162 Å². The number of thiophene rings is 3. The summed E-state index contributed by atoms with van der Waals surface area (Å²) in [4.78, 5) is 30.2. The molecule has 584 valence electrons. The van der Waals surface area contributed by atoms with Crippen molar-refractivity contribution in [3.05, 3.63) is 437 Å². The highest BCUT2D eigenvalue weighted by atomic mass is 32.1. The summed E-state index contributed by atoms with van der Waals surface area (Å²) in [7, 11) is 0. The number of benzene rings is 18. The first-order valence-electron chi connectivity index (χ1n) is 42.0. The maximum Gasteiger partial charge on any atom is 0.160 e. The molecule has 0 atom stereocenters. The van der Waals surface area contributed by atoms with E-state index in [9.17, 15) is 0 Å². The first-order valence-corrected chi connectivity index (χ1v) is 44.5. The third kappa shape index (κ3) is 14.0. The van der Waals surface area contributed by atoms with Crippen LogP contribution in [0.5, 0.6) is 0 Å². The first kappa shape index (κ1) is 74.4. The molecule has 25 aromatic rings. The summed E-state index contributed by atoms with van der Waals surface area (Å²) in [6.07, 6.45) is 1.86. The average molecular weight is 1650 g/mol. The fraction of sp³-hybridized carbons (Fsp3) is 0. The van der Waals surface area contributed by atoms with E-state index in [1.807, 2.05) is 94.8 Å². The van der Waals surface area contributed by atoms with E-state index in [2.05, 4.69) is 376 Å². The molecule has 18 aromatic carbocycles. The zero-order chi connectivity index (χ0) is 82.7. The summed E-state index contributed by atoms with van der Waals surface area (Å²) in [5.41, 5.74) is 25.1. The zero-order valence-electron chi connectivity index (χ0n) is 67.5. The standard InChI is InChI=1S/C40H24N2S.2C38H24N2S/c1-2-10-26-23-27(19-18-25(26)9-1)40-33-15-8-22-41-35(33)24-36(42-40)31-21-20-30(28-11-3-4-12-29(28)31)32-14-7-17-38-39(32)34-13-5-6-16-37(34)43-38;1-3-10-27(11-4-1)37-31-23-22-29(24-33(31)39-38(40-37)28-12-5-2-6-13-28)25-18-20-26(21-19-25)30-15-9-17-35-36(30)32-14-7-8-16-34(32)41-35;1-3-10-27(11-4-1)37-32-24-29(22-23-33(32)39-38(40-37)28-12-5-2-6-13-28)25-18-20-26(21-19-25)30-15-9-17-35-36(30)31-14-7-8-16-34(31)41-35/h1-24H;2*1-24H. The van der Waals surface area contributed by atoms with Crippen LogP contribution in [0, 0.1) is 0 Å². The normalized spacial score (nSPS) is 11.5. The second-order valence-corrected chi connectivity index (χ2v) is 34.7. The number of rotatable bonds is 11. The number of nitrogens with zero attached hydrogens (tertiary/aromatic N) is 6. The van der Waals surface area contributed by atoms with Crippen molar-refractivity contribution in [3.8, 4) is 123 Å². The van der Waals surface area contributed by atoms with E-state index in [-0.39, 0.29) is 0 Å². The lowest BCUT2D eigenvalue weighted by Crippen LogP contribution is -1.95. The van der Waals surface area contributed by atoms with Gasteiger partial charge in [0.2, 0.25) is 0 Å². The Hall–Kier alpha value is -15.6. The summed E-state index contributed by atoms with van der Waals surface area (Å²) in [6, 6.07) is 153. The van der Waals surface area contributed by atoms with Crippen LogP contribution in [0.2, 0.25) is 0 Å². The Morgan fingerprint density at radius 2 is 0.560 bits per heavy atom. The van der Waals surface area contributed by atoms with Gasteiger partial charge in [0.15, 0.2) is 11.6 Å². The largest absolute Gasteiger partial charge is 0.256 e. The van der Waals surface area contributed by atoms with Crippen molar-refractivity contribution in [1.82, 2.24) is 29.9 Å². The first-order chi connectivity index (χ1) is 61.9. The summed E-state index contributed by atoms with van der Waals surface area (Å²) in [5.74, 6) is 1.48. The molecule has 6 nitrogen and oxygen atoms in total. The van der Waals surface area contributed by atoms with Gasteiger partial charge in [-0.2, -0.15) is 0 Å². The molecule has 0 N–H and O–H groups in total. The van der Waals surface area contributed by atoms with Gasteiger partial charge in [0, 0.05) is 116 Å². The minimum Gasteiger partial charge on any atom is -0.256 e. The quantitative estimate of drug-likeness (QED) is 0.128. The van der Waals surface area contributed by atoms with Crippen LogP contribution >= 0.6 is 34.0 Å². The topological polar surface area (TPSA) is 77.3 Å². The fourth-order valence-corrected chi connectivity index (χ4v) is 21.3. The van der Waals surface area contributed by atoms with Crippen LogP contribution in [0.4, 0.5) is 0 Å². The lowest BCUT2D eigenvalue weighted by atomic mass is 9.91. The molecule has 0 saturated carbocycles. The summed E-state index contributed by atoms with van der Waals surface area (Å²) in [6.45, 7) is 0. The fourth-order valence-electron chi connectivity index (χ4n) is 17.9. The third-order valence-electron chi connectivity index (χ3n) is 23.9.